The van der Waals surface area contributed by atoms with Gasteiger partial charge in [-0.15, -0.1) is 0 Å². The van der Waals surface area contributed by atoms with Gasteiger partial charge < -0.3 is 19.7 Å². The van der Waals surface area contributed by atoms with Crippen molar-refractivity contribution in [2.75, 3.05) is 20.3 Å². The van der Waals surface area contributed by atoms with E-state index in [0.717, 1.165) is 24.0 Å². The number of carbonyl (C=O) groups is 2. The molecule has 0 spiro atoms. The van der Waals surface area contributed by atoms with E-state index < -0.39 is 6.04 Å². The van der Waals surface area contributed by atoms with Crippen molar-refractivity contribution in [3.8, 4) is 11.5 Å². The summed E-state index contributed by atoms with van der Waals surface area (Å²) in [4.78, 5) is 27.2. The number of nitrogens with zero attached hydrogens (tertiary/aromatic N) is 1. The lowest BCUT2D eigenvalue weighted by atomic mass is 10.1. The highest BCUT2D eigenvalue weighted by molar-refractivity contribution is 5.88. The molecule has 0 unspecified atom stereocenters. The van der Waals surface area contributed by atoms with Crippen molar-refractivity contribution >= 4 is 11.8 Å². The number of aryl methyl sites for hydroxylation is 1. The molecule has 0 fully saturated rings. The van der Waals surface area contributed by atoms with Crippen LogP contribution in [0.15, 0.2) is 48.5 Å². The summed E-state index contributed by atoms with van der Waals surface area (Å²) in [5, 5.41) is 2.91. The molecule has 1 atom stereocenters. The molecule has 2 aromatic rings. The fourth-order valence-corrected chi connectivity index (χ4v) is 2.97. The minimum atomic E-state index is -0.614. The molecule has 6 nitrogen and oxygen atoms in total. The Morgan fingerprint density at radius 3 is 2.37 bits per heavy atom. The first kappa shape index (κ1) is 23.3. The average molecular weight is 413 g/mol. The molecule has 0 aliphatic rings. The lowest BCUT2D eigenvalue weighted by Gasteiger charge is -2.29. The predicted octanol–water partition coefficient (Wildman–Crippen LogP) is 3.72. The topological polar surface area (TPSA) is 67.9 Å². The molecule has 1 N–H and O–H groups in total. The number of nitrogens with one attached hydrogen (secondary N) is 1. The molecule has 0 bridgehead atoms. The molecular weight excluding hydrogens is 380 g/mol. The van der Waals surface area contributed by atoms with E-state index in [2.05, 4.69) is 12.2 Å². The van der Waals surface area contributed by atoms with E-state index in [1.807, 2.05) is 43.3 Å². The SMILES string of the molecule is CCCCNC(=O)[C@H](C)N(Cc1ccc(C)cc1)C(=O)COc1ccccc1OC. The highest BCUT2D eigenvalue weighted by Gasteiger charge is 2.26. The first-order valence-electron chi connectivity index (χ1n) is 10.3. The lowest BCUT2D eigenvalue weighted by Crippen LogP contribution is -2.49. The number of hydrogen-bond acceptors (Lipinski definition) is 4. The third-order valence-corrected chi connectivity index (χ3v) is 4.89. The fourth-order valence-electron chi connectivity index (χ4n) is 2.97. The Bertz CT molecular complexity index is 820. The number of ether oxygens (including phenoxy) is 2. The molecule has 30 heavy (non-hydrogen) atoms. The Morgan fingerprint density at radius 1 is 1.07 bits per heavy atom. The van der Waals surface area contributed by atoms with E-state index in [1.165, 1.54) is 0 Å². The molecule has 0 saturated carbocycles. The number of benzene rings is 2. The quantitative estimate of drug-likeness (QED) is 0.571. The summed E-state index contributed by atoms with van der Waals surface area (Å²) >= 11 is 0. The van der Waals surface area contributed by atoms with Crippen LogP contribution in [0.3, 0.4) is 0 Å². The van der Waals surface area contributed by atoms with Crippen molar-refractivity contribution in [1.82, 2.24) is 10.2 Å². The summed E-state index contributed by atoms with van der Waals surface area (Å²) < 4.78 is 11.0. The summed E-state index contributed by atoms with van der Waals surface area (Å²) in [6.45, 7) is 6.57. The van der Waals surface area contributed by atoms with Crippen molar-refractivity contribution in [3.63, 3.8) is 0 Å². The van der Waals surface area contributed by atoms with Crippen molar-refractivity contribution in [2.24, 2.45) is 0 Å². The zero-order chi connectivity index (χ0) is 21.9. The highest BCUT2D eigenvalue weighted by atomic mass is 16.5. The highest BCUT2D eigenvalue weighted by Crippen LogP contribution is 2.25. The summed E-state index contributed by atoms with van der Waals surface area (Å²) in [6, 6.07) is 14.5. The van der Waals surface area contributed by atoms with Gasteiger partial charge in [0.25, 0.3) is 5.91 Å². The Hall–Kier alpha value is -3.02. The minimum absolute atomic E-state index is 0.166. The average Bonchev–Trinajstić information content (AvgIpc) is 2.76. The maximum absolute atomic E-state index is 13.0. The van der Waals surface area contributed by atoms with Crippen LogP contribution in [0.2, 0.25) is 0 Å². The Kier molecular flexibility index (Phi) is 9.19. The summed E-state index contributed by atoms with van der Waals surface area (Å²) in [6.07, 6.45) is 1.90. The third kappa shape index (κ3) is 6.79. The van der Waals surface area contributed by atoms with Crippen LogP contribution in [-0.4, -0.2) is 43.0 Å². The van der Waals surface area contributed by atoms with Gasteiger partial charge in [-0.05, 0) is 38.0 Å². The predicted molar refractivity (Wildman–Crippen MR) is 118 cm³/mol. The van der Waals surface area contributed by atoms with Crippen LogP contribution in [-0.2, 0) is 16.1 Å². The van der Waals surface area contributed by atoms with E-state index in [0.29, 0.717) is 24.6 Å². The molecule has 0 aliphatic carbocycles. The van der Waals surface area contributed by atoms with Crippen LogP contribution in [0, 0.1) is 6.92 Å². The van der Waals surface area contributed by atoms with Gasteiger partial charge in [0.1, 0.15) is 6.04 Å². The van der Waals surface area contributed by atoms with Gasteiger partial charge in [0.2, 0.25) is 5.91 Å². The van der Waals surface area contributed by atoms with Gasteiger partial charge in [0.05, 0.1) is 7.11 Å². The summed E-state index contributed by atoms with van der Waals surface area (Å²) in [5.74, 6) is 0.616. The second kappa shape index (κ2) is 11.9. The largest absolute Gasteiger partial charge is 0.493 e. The van der Waals surface area contributed by atoms with Gasteiger partial charge in [-0.2, -0.15) is 0 Å². The van der Waals surface area contributed by atoms with Crippen LogP contribution >= 0.6 is 0 Å². The Morgan fingerprint density at radius 2 is 1.73 bits per heavy atom. The molecule has 162 valence electrons. The Labute approximate surface area is 179 Å². The monoisotopic (exact) mass is 412 g/mol. The fraction of sp³-hybridized carbons (Fsp3) is 0.417. The third-order valence-electron chi connectivity index (χ3n) is 4.89. The molecule has 0 heterocycles. The number of methoxy groups -OCH3 is 1. The first-order valence-corrected chi connectivity index (χ1v) is 10.3. The number of carbonyl (C=O) groups excluding carboxylic acids is 2. The van der Waals surface area contributed by atoms with Gasteiger partial charge in [0, 0.05) is 13.1 Å². The lowest BCUT2D eigenvalue weighted by molar-refractivity contribution is -0.142. The van der Waals surface area contributed by atoms with Gasteiger partial charge >= 0.3 is 0 Å². The zero-order valence-corrected chi connectivity index (χ0v) is 18.3. The van der Waals surface area contributed by atoms with Crippen LogP contribution in [0.1, 0.15) is 37.8 Å². The number of para-hydroxylation sites is 2. The first-order chi connectivity index (χ1) is 14.5. The summed E-state index contributed by atoms with van der Waals surface area (Å²) in [7, 11) is 1.55. The van der Waals surface area contributed by atoms with Gasteiger partial charge in [-0.1, -0.05) is 55.3 Å². The van der Waals surface area contributed by atoms with Crippen LogP contribution in [0.25, 0.3) is 0 Å². The maximum atomic E-state index is 13.0. The Balaban J connectivity index is 2.13. The van der Waals surface area contributed by atoms with Crippen molar-refractivity contribution in [3.05, 3.63) is 59.7 Å². The number of unbranched alkanes of at least 4 members (excludes halogenated alkanes) is 1. The van der Waals surface area contributed by atoms with Crippen LogP contribution < -0.4 is 14.8 Å². The van der Waals surface area contributed by atoms with Gasteiger partial charge in [-0.25, -0.2) is 0 Å². The molecule has 0 saturated heterocycles. The molecule has 2 rings (SSSR count). The van der Waals surface area contributed by atoms with E-state index in [-0.39, 0.29) is 18.4 Å². The molecule has 6 heteroatoms. The van der Waals surface area contributed by atoms with E-state index in [9.17, 15) is 9.59 Å². The zero-order valence-electron chi connectivity index (χ0n) is 18.3. The molecule has 0 aliphatic heterocycles. The molecule has 2 amide bonds. The van der Waals surface area contributed by atoms with Crippen LogP contribution in [0.4, 0.5) is 0 Å². The number of rotatable bonds is 11. The van der Waals surface area contributed by atoms with Gasteiger partial charge in [-0.3, -0.25) is 9.59 Å². The smallest absolute Gasteiger partial charge is 0.261 e. The minimum Gasteiger partial charge on any atom is -0.493 e. The van der Waals surface area contributed by atoms with Gasteiger partial charge in [0.15, 0.2) is 18.1 Å². The second-order valence-corrected chi connectivity index (χ2v) is 7.27. The standard InChI is InChI=1S/C24H32N2O4/c1-5-6-15-25-24(28)19(3)26(16-20-13-11-18(2)12-14-20)23(27)17-30-22-10-8-7-9-21(22)29-4/h7-14,19H,5-6,15-17H2,1-4H3,(H,25,28)/t19-/m0/s1. The van der Waals surface area contributed by atoms with Crippen molar-refractivity contribution < 1.29 is 19.1 Å². The molecule has 0 radical (unpaired) electrons. The summed E-state index contributed by atoms with van der Waals surface area (Å²) in [5.41, 5.74) is 2.10. The van der Waals surface area contributed by atoms with Crippen molar-refractivity contribution in [1.29, 1.82) is 0 Å². The van der Waals surface area contributed by atoms with Crippen molar-refractivity contribution in [2.45, 2.75) is 46.2 Å². The number of amides is 2. The molecular formula is C24H32N2O4. The number of hydrogen-bond donors (Lipinski definition) is 1. The maximum Gasteiger partial charge on any atom is 0.261 e. The van der Waals surface area contributed by atoms with E-state index >= 15 is 0 Å². The van der Waals surface area contributed by atoms with Crippen LogP contribution in [0.5, 0.6) is 11.5 Å². The molecule has 2 aromatic carbocycles. The normalized spacial score (nSPS) is 11.5. The molecule has 0 aromatic heterocycles. The van der Waals surface area contributed by atoms with E-state index in [4.69, 9.17) is 9.47 Å². The van der Waals surface area contributed by atoms with E-state index in [1.54, 1.807) is 31.1 Å². The second-order valence-electron chi connectivity index (χ2n) is 7.27.